The molecule has 4 N–H and O–H groups in total. The summed E-state index contributed by atoms with van der Waals surface area (Å²) in [5.41, 5.74) is 3.58. The molecule has 26 heavy (non-hydrogen) atoms. The fourth-order valence-electron chi connectivity index (χ4n) is 2.32. The Hall–Kier alpha value is -3.68. The van der Waals surface area contributed by atoms with Gasteiger partial charge in [-0.3, -0.25) is 9.97 Å². The molecule has 0 saturated carbocycles. The van der Waals surface area contributed by atoms with Gasteiger partial charge in [0.15, 0.2) is 11.6 Å². The van der Waals surface area contributed by atoms with Crippen LogP contribution in [0.4, 0.5) is 0 Å². The third-order valence-corrected chi connectivity index (χ3v) is 3.62. The van der Waals surface area contributed by atoms with E-state index in [1.165, 1.54) is 5.56 Å². The van der Waals surface area contributed by atoms with E-state index in [0.29, 0.717) is 11.6 Å². The molecular formula is C18H18N6O2. The Balaban J connectivity index is 0.000000151. The minimum atomic E-state index is -0.282. The van der Waals surface area contributed by atoms with Crippen LogP contribution in [0.3, 0.4) is 0 Å². The van der Waals surface area contributed by atoms with E-state index in [4.69, 9.17) is 0 Å². The molecule has 8 heteroatoms. The molecule has 132 valence electrons. The monoisotopic (exact) mass is 350 g/mol. The van der Waals surface area contributed by atoms with Crippen molar-refractivity contribution in [2.24, 2.45) is 0 Å². The Morgan fingerprint density at radius 1 is 0.692 bits per heavy atom. The van der Waals surface area contributed by atoms with Gasteiger partial charge in [-0.2, -0.15) is 10.2 Å². The SMILES string of the molecule is Cc1ccc(-c2n[nH]c(=O)[nH]2)cc1.Cc1cccc(-c2n[nH]c(=O)[nH]2)c1. The predicted molar refractivity (Wildman–Crippen MR) is 98.8 cm³/mol. The highest BCUT2D eigenvalue weighted by Crippen LogP contribution is 2.14. The van der Waals surface area contributed by atoms with E-state index < -0.39 is 0 Å². The number of hydrogen-bond acceptors (Lipinski definition) is 4. The maximum Gasteiger partial charge on any atom is 0.340 e. The van der Waals surface area contributed by atoms with E-state index in [1.54, 1.807) is 0 Å². The van der Waals surface area contributed by atoms with Crippen molar-refractivity contribution in [3.05, 3.63) is 80.6 Å². The smallest absolute Gasteiger partial charge is 0.289 e. The Kier molecular flexibility index (Phi) is 4.93. The molecule has 8 nitrogen and oxygen atoms in total. The van der Waals surface area contributed by atoms with Crippen LogP contribution in [0.5, 0.6) is 0 Å². The maximum absolute atomic E-state index is 10.8. The van der Waals surface area contributed by atoms with Crippen molar-refractivity contribution in [1.82, 2.24) is 30.4 Å². The molecule has 0 radical (unpaired) electrons. The van der Waals surface area contributed by atoms with Crippen molar-refractivity contribution in [3.63, 3.8) is 0 Å². The standard InChI is InChI=1S/2C9H9N3O/c1-6-2-4-7(5-3-6)8-10-9(13)12-11-8;1-6-3-2-4-7(5-6)8-10-9(13)12-11-8/h2*2-5H,1H3,(H2,10,11,12,13). The lowest BCUT2D eigenvalue weighted by Crippen LogP contribution is -2.00. The molecule has 0 atom stereocenters. The van der Waals surface area contributed by atoms with Crippen LogP contribution in [-0.2, 0) is 0 Å². The first-order chi connectivity index (χ1) is 12.5. The van der Waals surface area contributed by atoms with Crippen molar-refractivity contribution in [2.45, 2.75) is 13.8 Å². The summed E-state index contributed by atoms with van der Waals surface area (Å²) in [5.74, 6) is 1.15. The normalized spacial score (nSPS) is 10.2. The van der Waals surface area contributed by atoms with Gasteiger partial charge in [-0.15, -0.1) is 0 Å². The fourth-order valence-corrected chi connectivity index (χ4v) is 2.32. The third kappa shape index (κ3) is 4.23. The van der Waals surface area contributed by atoms with E-state index in [2.05, 4.69) is 30.4 Å². The van der Waals surface area contributed by atoms with Gasteiger partial charge in [0.2, 0.25) is 0 Å². The predicted octanol–water partition coefficient (Wildman–Crippen LogP) is 2.15. The van der Waals surface area contributed by atoms with Crippen LogP contribution in [0.2, 0.25) is 0 Å². The van der Waals surface area contributed by atoms with Gasteiger partial charge in [-0.1, -0.05) is 53.6 Å². The lowest BCUT2D eigenvalue weighted by atomic mass is 10.1. The third-order valence-electron chi connectivity index (χ3n) is 3.62. The Morgan fingerprint density at radius 2 is 1.27 bits per heavy atom. The molecule has 4 aromatic rings. The van der Waals surface area contributed by atoms with Crippen molar-refractivity contribution >= 4 is 0 Å². The Morgan fingerprint density at radius 3 is 1.77 bits per heavy atom. The van der Waals surface area contributed by atoms with Gasteiger partial charge in [-0.05, 0) is 19.9 Å². The number of aromatic nitrogens is 6. The first kappa shape index (κ1) is 17.2. The second-order valence-corrected chi connectivity index (χ2v) is 5.79. The summed E-state index contributed by atoms with van der Waals surface area (Å²) in [4.78, 5) is 26.7. The average molecular weight is 350 g/mol. The molecule has 4 rings (SSSR count). The molecule has 0 bridgehead atoms. The van der Waals surface area contributed by atoms with E-state index in [9.17, 15) is 9.59 Å². The van der Waals surface area contributed by atoms with Gasteiger partial charge in [-0.25, -0.2) is 19.8 Å². The van der Waals surface area contributed by atoms with Gasteiger partial charge in [0.05, 0.1) is 0 Å². The van der Waals surface area contributed by atoms with Crippen LogP contribution in [-0.4, -0.2) is 30.4 Å². The van der Waals surface area contributed by atoms with E-state index >= 15 is 0 Å². The summed E-state index contributed by atoms with van der Waals surface area (Å²) in [7, 11) is 0. The number of nitrogens with one attached hydrogen (secondary N) is 4. The zero-order chi connectivity index (χ0) is 18.5. The molecule has 0 spiro atoms. The maximum atomic E-state index is 10.8. The van der Waals surface area contributed by atoms with Gasteiger partial charge in [0, 0.05) is 11.1 Å². The quantitative estimate of drug-likeness (QED) is 0.442. The van der Waals surface area contributed by atoms with Crippen molar-refractivity contribution in [1.29, 1.82) is 0 Å². The molecule has 0 aliphatic rings. The summed E-state index contributed by atoms with van der Waals surface area (Å²) in [6.45, 7) is 4.01. The first-order valence-corrected chi connectivity index (χ1v) is 7.95. The summed E-state index contributed by atoms with van der Waals surface area (Å²) in [5, 5.41) is 12.3. The molecule has 2 heterocycles. The van der Waals surface area contributed by atoms with Gasteiger partial charge in [0.1, 0.15) is 0 Å². The summed E-state index contributed by atoms with van der Waals surface area (Å²) in [6, 6.07) is 15.6. The van der Waals surface area contributed by atoms with E-state index in [0.717, 1.165) is 16.7 Å². The van der Waals surface area contributed by atoms with Gasteiger partial charge >= 0.3 is 11.4 Å². The van der Waals surface area contributed by atoms with Crippen molar-refractivity contribution < 1.29 is 0 Å². The van der Waals surface area contributed by atoms with Crippen LogP contribution in [0.15, 0.2) is 58.1 Å². The van der Waals surface area contributed by atoms with Crippen LogP contribution >= 0.6 is 0 Å². The Labute approximate surface area is 148 Å². The van der Waals surface area contributed by atoms with Crippen LogP contribution < -0.4 is 11.4 Å². The second-order valence-electron chi connectivity index (χ2n) is 5.79. The number of aromatic amines is 4. The highest BCUT2D eigenvalue weighted by Gasteiger charge is 2.01. The molecule has 0 amide bonds. The molecule has 0 aliphatic carbocycles. The van der Waals surface area contributed by atoms with Gasteiger partial charge < -0.3 is 0 Å². The largest absolute Gasteiger partial charge is 0.340 e. The molecule has 2 aromatic carbocycles. The first-order valence-electron chi connectivity index (χ1n) is 7.95. The number of nitrogens with zero attached hydrogens (tertiary/aromatic N) is 2. The Bertz CT molecular complexity index is 1100. The van der Waals surface area contributed by atoms with E-state index in [1.807, 2.05) is 62.4 Å². The molecule has 0 unspecified atom stereocenters. The summed E-state index contributed by atoms with van der Waals surface area (Å²) >= 11 is 0. The van der Waals surface area contributed by atoms with Crippen LogP contribution in [0.25, 0.3) is 22.8 Å². The second kappa shape index (κ2) is 7.47. The highest BCUT2D eigenvalue weighted by molar-refractivity contribution is 5.55. The minimum Gasteiger partial charge on any atom is -0.289 e. The number of rotatable bonds is 2. The fraction of sp³-hybridized carbons (Fsp3) is 0.111. The van der Waals surface area contributed by atoms with Gasteiger partial charge in [0.25, 0.3) is 0 Å². The minimum absolute atomic E-state index is 0.281. The number of hydrogen-bond donors (Lipinski definition) is 4. The molecule has 0 aliphatic heterocycles. The summed E-state index contributed by atoms with van der Waals surface area (Å²) < 4.78 is 0. The summed E-state index contributed by atoms with van der Waals surface area (Å²) in [6.07, 6.45) is 0. The van der Waals surface area contributed by atoms with E-state index in [-0.39, 0.29) is 11.4 Å². The number of benzene rings is 2. The lowest BCUT2D eigenvalue weighted by molar-refractivity contribution is 1.05. The lowest BCUT2D eigenvalue weighted by Gasteiger charge is -1.95. The molecular weight excluding hydrogens is 332 g/mol. The van der Waals surface area contributed by atoms with Crippen LogP contribution in [0.1, 0.15) is 11.1 Å². The average Bonchev–Trinajstić information content (AvgIpc) is 3.25. The molecule has 0 saturated heterocycles. The molecule has 2 aromatic heterocycles. The molecule has 0 fully saturated rings. The zero-order valence-corrected chi connectivity index (χ0v) is 14.3. The highest BCUT2D eigenvalue weighted by atomic mass is 16.1. The topological polar surface area (TPSA) is 123 Å². The van der Waals surface area contributed by atoms with Crippen molar-refractivity contribution in [2.75, 3.05) is 0 Å². The number of aryl methyl sites for hydroxylation is 2. The zero-order valence-electron chi connectivity index (χ0n) is 14.3. The number of H-pyrrole nitrogens is 4. The van der Waals surface area contributed by atoms with Crippen molar-refractivity contribution in [3.8, 4) is 22.8 Å². The van der Waals surface area contributed by atoms with Crippen LogP contribution in [0, 0.1) is 13.8 Å².